The largest absolute Gasteiger partial charge is 0.493 e. The highest BCUT2D eigenvalue weighted by Crippen LogP contribution is 2.36. The Morgan fingerprint density at radius 2 is 2.04 bits per heavy atom. The van der Waals surface area contributed by atoms with Gasteiger partial charge in [0.2, 0.25) is 5.91 Å². The number of carbonyl (C=O) groups excluding carboxylic acids is 1. The van der Waals surface area contributed by atoms with Gasteiger partial charge in [0.1, 0.15) is 0 Å². The first-order chi connectivity index (χ1) is 12.0. The summed E-state index contributed by atoms with van der Waals surface area (Å²) in [5, 5.41) is 12.0. The minimum absolute atomic E-state index is 0.298. The SMILES string of the molecule is COc1cc(/C=C/C(=O)Nc2ccc(C#N)cc2I)cc(Cl)c1OC. The molecule has 0 bridgehead atoms. The van der Waals surface area contributed by atoms with Crippen LogP contribution in [0.25, 0.3) is 6.08 Å². The lowest BCUT2D eigenvalue weighted by Crippen LogP contribution is -2.09. The minimum atomic E-state index is -0.298. The molecule has 0 aliphatic carbocycles. The van der Waals surface area contributed by atoms with E-state index in [1.54, 1.807) is 36.4 Å². The standard InChI is InChI=1S/C18H14ClIN2O3/c1-24-16-9-11(7-13(19)18(16)25-2)4-6-17(23)22-15-5-3-12(10-21)8-14(15)20/h3-9H,1-2H3,(H,22,23)/b6-4+. The van der Waals surface area contributed by atoms with Crippen LogP contribution in [0.1, 0.15) is 11.1 Å². The zero-order valence-corrected chi connectivity index (χ0v) is 16.4. The van der Waals surface area contributed by atoms with E-state index >= 15 is 0 Å². The van der Waals surface area contributed by atoms with E-state index in [9.17, 15) is 4.79 Å². The number of hydrogen-bond donors (Lipinski definition) is 1. The van der Waals surface area contributed by atoms with Gasteiger partial charge in [0.25, 0.3) is 0 Å². The van der Waals surface area contributed by atoms with Crippen LogP contribution in [-0.2, 0) is 4.79 Å². The normalized spacial score (nSPS) is 10.4. The van der Waals surface area contributed by atoms with Crippen molar-refractivity contribution in [3.63, 3.8) is 0 Å². The molecule has 0 atom stereocenters. The van der Waals surface area contributed by atoms with Gasteiger partial charge in [-0.2, -0.15) is 5.26 Å². The van der Waals surface area contributed by atoms with Crippen LogP contribution < -0.4 is 14.8 Å². The number of halogens is 2. The van der Waals surface area contributed by atoms with Crippen molar-refractivity contribution in [1.82, 2.24) is 0 Å². The molecule has 0 unspecified atom stereocenters. The summed E-state index contributed by atoms with van der Waals surface area (Å²) in [5.74, 6) is 0.628. The lowest BCUT2D eigenvalue weighted by molar-refractivity contribution is -0.111. The lowest BCUT2D eigenvalue weighted by atomic mass is 10.2. The number of benzene rings is 2. The maximum absolute atomic E-state index is 12.1. The third-order valence-electron chi connectivity index (χ3n) is 3.24. The summed E-state index contributed by atoms with van der Waals surface area (Å²) in [6, 6.07) is 10.5. The highest BCUT2D eigenvalue weighted by Gasteiger charge is 2.10. The Morgan fingerprint density at radius 3 is 2.64 bits per heavy atom. The Hall–Kier alpha value is -2.24. The van der Waals surface area contributed by atoms with Gasteiger partial charge in [0, 0.05) is 9.65 Å². The smallest absolute Gasteiger partial charge is 0.248 e. The monoisotopic (exact) mass is 468 g/mol. The molecular formula is C18H14ClIN2O3. The first-order valence-corrected chi connectivity index (χ1v) is 8.54. The van der Waals surface area contributed by atoms with Crippen molar-refractivity contribution in [2.45, 2.75) is 0 Å². The topological polar surface area (TPSA) is 71.3 Å². The van der Waals surface area contributed by atoms with E-state index in [1.807, 2.05) is 0 Å². The molecule has 0 aromatic heterocycles. The van der Waals surface area contributed by atoms with Crippen LogP contribution in [0.2, 0.25) is 5.02 Å². The number of nitrogens with zero attached hydrogens (tertiary/aromatic N) is 1. The van der Waals surface area contributed by atoms with Gasteiger partial charge in [0.05, 0.1) is 36.6 Å². The lowest BCUT2D eigenvalue weighted by Gasteiger charge is -2.10. The van der Waals surface area contributed by atoms with Gasteiger partial charge in [-0.05, 0) is 64.6 Å². The van der Waals surface area contributed by atoms with E-state index in [4.69, 9.17) is 26.3 Å². The number of methoxy groups -OCH3 is 2. The number of ether oxygens (including phenoxy) is 2. The second-order valence-corrected chi connectivity index (χ2v) is 6.44. The molecule has 1 N–H and O–H groups in total. The molecule has 0 saturated heterocycles. The molecule has 0 heterocycles. The predicted octanol–water partition coefficient (Wildman–Crippen LogP) is 4.49. The van der Waals surface area contributed by atoms with Crippen molar-refractivity contribution in [2.24, 2.45) is 0 Å². The Kier molecular flexibility index (Phi) is 6.67. The van der Waals surface area contributed by atoms with Crippen molar-refractivity contribution in [3.05, 3.63) is 56.1 Å². The molecule has 0 saturated carbocycles. The van der Waals surface area contributed by atoms with Crippen LogP contribution in [0, 0.1) is 14.9 Å². The third-order valence-corrected chi connectivity index (χ3v) is 4.41. The fraction of sp³-hybridized carbons (Fsp3) is 0.111. The first-order valence-electron chi connectivity index (χ1n) is 7.08. The van der Waals surface area contributed by atoms with Crippen LogP contribution in [0.4, 0.5) is 5.69 Å². The van der Waals surface area contributed by atoms with Gasteiger partial charge < -0.3 is 14.8 Å². The summed E-state index contributed by atoms with van der Waals surface area (Å²) in [6.07, 6.45) is 3.02. The molecule has 0 spiro atoms. The molecule has 128 valence electrons. The number of rotatable bonds is 5. The second-order valence-electron chi connectivity index (χ2n) is 4.87. The van der Waals surface area contributed by atoms with Crippen LogP contribution >= 0.6 is 34.2 Å². The number of nitriles is 1. The quantitative estimate of drug-likeness (QED) is 0.519. The first kappa shape index (κ1) is 19.1. The molecule has 1 amide bonds. The molecule has 0 aliphatic rings. The zero-order valence-electron chi connectivity index (χ0n) is 13.5. The zero-order chi connectivity index (χ0) is 18.4. The Labute approximate surface area is 164 Å². The molecule has 7 heteroatoms. The van der Waals surface area contributed by atoms with Crippen LogP contribution in [0.15, 0.2) is 36.4 Å². The van der Waals surface area contributed by atoms with Gasteiger partial charge >= 0.3 is 0 Å². The minimum Gasteiger partial charge on any atom is -0.493 e. The van der Waals surface area contributed by atoms with E-state index in [1.165, 1.54) is 20.3 Å². The summed E-state index contributed by atoms with van der Waals surface area (Å²) in [6.45, 7) is 0. The van der Waals surface area contributed by atoms with Crippen molar-refractivity contribution in [3.8, 4) is 17.6 Å². The van der Waals surface area contributed by atoms with Crippen molar-refractivity contribution in [1.29, 1.82) is 5.26 Å². The molecule has 2 aromatic carbocycles. The van der Waals surface area contributed by atoms with Crippen LogP contribution in [0.3, 0.4) is 0 Å². The summed E-state index contributed by atoms with van der Waals surface area (Å²) in [5.41, 5.74) is 1.88. The van der Waals surface area contributed by atoms with Crippen LogP contribution in [0.5, 0.6) is 11.5 Å². The van der Waals surface area contributed by atoms with E-state index in [0.717, 1.165) is 3.57 Å². The fourth-order valence-corrected chi connectivity index (χ4v) is 3.01. The van der Waals surface area contributed by atoms with Gasteiger partial charge in [-0.3, -0.25) is 4.79 Å². The average molecular weight is 469 g/mol. The van der Waals surface area contributed by atoms with Gasteiger partial charge in [-0.1, -0.05) is 11.6 Å². The summed E-state index contributed by atoms with van der Waals surface area (Å²) in [4.78, 5) is 12.1. The molecule has 5 nitrogen and oxygen atoms in total. The Morgan fingerprint density at radius 1 is 1.28 bits per heavy atom. The maximum Gasteiger partial charge on any atom is 0.248 e. The average Bonchev–Trinajstić information content (AvgIpc) is 2.61. The number of nitrogens with one attached hydrogen (secondary N) is 1. The molecule has 0 radical (unpaired) electrons. The second kappa shape index (κ2) is 8.74. The van der Waals surface area contributed by atoms with E-state index in [0.29, 0.717) is 33.3 Å². The van der Waals surface area contributed by atoms with Gasteiger partial charge in [-0.25, -0.2) is 0 Å². The maximum atomic E-state index is 12.1. The fourth-order valence-electron chi connectivity index (χ4n) is 2.07. The van der Waals surface area contributed by atoms with E-state index in [-0.39, 0.29) is 5.91 Å². The molecule has 0 fully saturated rings. The number of anilines is 1. The highest BCUT2D eigenvalue weighted by molar-refractivity contribution is 14.1. The van der Waals surface area contributed by atoms with Crippen molar-refractivity contribution in [2.75, 3.05) is 19.5 Å². The summed E-state index contributed by atoms with van der Waals surface area (Å²) in [7, 11) is 3.02. The Bertz CT molecular complexity index is 875. The van der Waals surface area contributed by atoms with Gasteiger partial charge in [0.15, 0.2) is 11.5 Å². The van der Waals surface area contributed by atoms with Crippen molar-refractivity contribution >= 4 is 51.9 Å². The third kappa shape index (κ3) is 4.87. The number of amides is 1. The van der Waals surface area contributed by atoms with E-state index in [2.05, 4.69) is 34.0 Å². The molecule has 2 aromatic rings. The van der Waals surface area contributed by atoms with Gasteiger partial charge in [-0.15, -0.1) is 0 Å². The highest BCUT2D eigenvalue weighted by atomic mass is 127. The van der Waals surface area contributed by atoms with Crippen molar-refractivity contribution < 1.29 is 14.3 Å². The molecule has 0 aliphatic heterocycles. The predicted molar refractivity (Wildman–Crippen MR) is 106 cm³/mol. The number of hydrogen-bond acceptors (Lipinski definition) is 4. The summed E-state index contributed by atoms with van der Waals surface area (Å²) >= 11 is 8.21. The number of carbonyl (C=O) groups is 1. The van der Waals surface area contributed by atoms with Crippen LogP contribution in [-0.4, -0.2) is 20.1 Å². The molecular weight excluding hydrogens is 455 g/mol. The molecule has 25 heavy (non-hydrogen) atoms. The summed E-state index contributed by atoms with van der Waals surface area (Å²) < 4.78 is 11.2. The van der Waals surface area contributed by atoms with E-state index < -0.39 is 0 Å². The Balaban J connectivity index is 2.15. The molecule has 2 rings (SSSR count).